The molecule has 0 saturated carbocycles. The summed E-state index contributed by atoms with van der Waals surface area (Å²) in [6, 6.07) is 14.2. The topological polar surface area (TPSA) is 120 Å². The van der Waals surface area contributed by atoms with Gasteiger partial charge in [0.1, 0.15) is 0 Å². The number of hydrogen-bond donors (Lipinski definition) is 1. The van der Waals surface area contributed by atoms with Gasteiger partial charge in [-0.3, -0.25) is 14.9 Å². The maximum atomic E-state index is 12.5. The molecule has 9 nitrogen and oxygen atoms in total. The molecule has 174 valence electrons. The zero-order chi connectivity index (χ0) is 24.7. The monoisotopic (exact) mass is 501 g/mol. The highest BCUT2D eigenvalue weighted by Crippen LogP contribution is 2.30. The summed E-state index contributed by atoms with van der Waals surface area (Å²) in [4.78, 5) is 34.8. The maximum absolute atomic E-state index is 12.5. The molecule has 0 fully saturated rings. The smallest absolute Gasteiger partial charge is 0.345 e. The predicted molar refractivity (Wildman–Crippen MR) is 127 cm³/mol. The third kappa shape index (κ3) is 6.31. The van der Waals surface area contributed by atoms with Crippen molar-refractivity contribution in [2.24, 2.45) is 5.10 Å². The van der Waals surface area contributed by atoms with Crippen LogP contribution in [0.3, 0.4) is 0 Å². The summed E-state index contributed by atoms with van der Waals surface area (Å²) in [6.45, 7) is 2.08. The van der Waals surface area contributed by atoms with Gasteiger partial charge in [0, 0.05) is 22.7 Å². The Morgan fingerprint density at radius 2 is 1.79 bits per heavy atom. The van der Waals surface area contributed by atoms with E-state index in [4.69, 9.17) is 32.7 Å². The molecule has 3 aromatic carbocycles. The van der Waals surface area contributed by atoms with E-state index in [9.17, 15) is 19.7 Å². The molecule has 0 atom stereocenters. The number of nitro groups is 1. The van der Waals surface area contributed by atoms with Crippen LogP contribution >= 0.6 is 23.2 Å². The number of nitro benzene ring substituents is 1. The Morgan fingerprint density at radius 3 is 2.44 bits per heavy atom. The molecule has 0 radical (unpaired) electrons. The third-order valence-corrected chi connectivity index (χ3v) is 4.89. The lowest BCUT2D eigenvalue weighted by Gasteiger charge is -2.12. The fraction of sp³-hybridized carbons (Fsp3) is 0.0870. The second kappa shape index (κ2) is 11.3. The minimum Gasteiger partial charge on any atom is -0.490 e. The molecule has 0 heterocycles. The minimum absolute atomic E-state index is 0.123. The van der Waals surface area contributed by atoms with Crippen LogP contribution in [-0.4, -0.2) is 29.6 Å². The highest BCUT2D eigenvalue weighted by molar-refractivity contribution is 6.36. The van der Waals surface area contributed by atoms with Crippen LogP contribution < -0.4 is 14.9 Å². The van der Waals surface area contributed by atoms with Gasteiger partial charge >= 0.3 is 5.97 Å². The van der Waals surface area contributed by atoms with Crippen molar-refractivity contribution < 1.29 is 24.0 Å². The molecule has 0 aliphatic rings. The number of ether oxygens (including phenoxy) is 2. The van der Waals surface area contributed by atoms with Crippen molar-refractivity contribution in [2.45, 2.75) is 6.92 Å². The Labute approximate surface area is 204 Å². The predicted octanol–water partition coefficient (Wildman–Crippen LogP) is 5.28. The molecule has 0 saturated heterocycles. The van der Waals surface area contributed by atoms with Gasteiger partial charge in [-0.15, -0.1) is 0 Å². The van der Waals surface area contributed by atoms with E-state index in [2.05, 4.69) is 10.5 Å². The number of hydrazone groups is 1. The number of non-ortho nitro benzene ring substituents is 1. The van der Waals surface area contributed by atoms with Gasteiger partial charge in [0.25, 0.3) is 11.6 Å². The minimum atomic E-state index is -0.681. The molecule has 1 N–H and O–H groups in total. The van der Waals surface area contributed by atoms with Gasteiger partial charge in [-0.1, -0.05) is 23.2 Å². The lowest BCUT2D eigenvalue weighted by molar-refractivity contribution is -0.384. The van der Waals surface area contributed by atoms with Gasteiger partial charge in [0.05, 0.1) is 28.3 Å². The number of carbonyl (C=O) groups excluding carboxylic acids is 2. The lowest BCUT2D eigenvalue weighted by atomic mass is 10.2. The van der Waals surface area contributed by atoms with E-state index in [1.165, 1.54) is 54.7 Å². The Morgan fingerprint density at radius 1 is 1.06 bits per heavy atom. The van der Waals surface area contributed by atoms with Crippen molar-refractivity contribution in [3.8, 4) is 11.5 Å². The number of benzene rings is 3. The molecule has 1 amide bonds. The Hall–Kier alpha value is -3.95. The molecule has 0 aliphatic heterocycles. The van der Waals surface area contributed by atoms with Crippen LogP contribution in [0.5, 0.6) is 11.5 Å². The zero-order valence-corrected chi connectivity index (χ0v) is 19.2. The molecule has 3 rings (SSSR count). The van der Waals surface area contributed by atoms with Crippen molar-refractivity contribution in [2.75, 3.05) is 6.61 Å². The van der Waals surface area contributed by atoms with E-state index in [0.717, 1.165) is 0 Å². The number of hydrogen-bond acceptors (Lipinski definition) is 7. The summed E-state index contributed by atoms with van der Waals surface area (Å²) in [5, 5.41) is 15.1. The highest BCUT2D eigenvalue weighted by atomic mass is 35.5. The van der Waals surface area contributed by atoms with E-state index in [1.807, 2.05) is 0 Å². The van der Waals surface area contributed by atoms with Crippen LogP contribution in [0.15, 0.2) is 65.8 Å². The fourth-order valence-electron chi connectivity index (χ4n) is 2.73. The van der Waals surface area contributed by atoms with Crippen molar-refractivity contribution in [3.63, 3.8) is 0 Å². The first kappa shape index (κ1) is 24.7. The zero-order valence-electron chi connectivity index (χ0n) is 17.7. The van der Waals surface area contributed by atoms with Gasteiger partial charge in [-0.05, 0) is 61.0 Å². The maximum Gasteiger partial charge on any atom is 0.345 e. The summed E-state index contributed by atoms with van der Waals surface area (Å²) < 4.78 is 11.0. The standard InChI is InChI=1S/C23H17Cl2N3O6/c1-2-33-21-11-14(13-26-27-22(29)15-4-7-17(8-5-15)28(31)32)3-10-20(21)34-23(30)18-9-6-16(24)12-19(18)25/h3-13H,2H2,1H3,(H,27,29). The number of esters is 1. The Balaban J connectivity index is 1.70. The van der Waals surface area contributed by atoms with Gasteiger partial charge < -0.3 is 9.47 Å². The van der Waals surface area contributed by atoms with Gasteiger partial charge in [0.2, 0.25) is 0 Å². The molecule has 0 bridgehead atoms. The Bertz CT molecular complexity index is 1260. The first-order valence-electron chi connectivity index (χ1n) is 9.80. The molecule has 0 aromatic heterocycles. The summed E-state index contributed by atoms with van der Waals surface area (Å²) in [5.74, 6) is -0.766. The fourth-order valence-corrected chi connectivity index (χ4v) is 3.22. The van der Waals surface area contributed by atoms with E-state index in [0.29, 0.717) is 17.2 Å². The van der Waals surface area contributed by atoms with Gasteiger partial charge in [0.15, 0.2) is 11.5 Å². The summed E-state index contributed by atoms with van der Waals surface area (Å²) in [6.07, 6.45) is 1.37. The van der Waals surface area contributed by atoms with E-state index in [-0.39, 0.29) is 33.3 Å². The van der Waals surface area contributed by atoms with E-state index in [1.54, 1.807) is 19.1 Å². The summed E-state index contributed by atoms with van der Waals surface area (Å²) in [7, 11) is 0. The first-order chi connectivity index (χ1) is 16.3. The molecule has 0 unspecified atom stereocenters. The number of halogens is 2. The van der Waals surface area contributed by atoms with Gasteiger partial charge in [-0.2, -0.15) is 5.10 Å². The molecule has 11 heteroatoms. The van der Waals surface area contributed by atoms with Crippen LogP contribution in [0.1, 0.15) is 33.2 Å². The number of nitrogens with zero attached hydrogens (tertiary/aromatic N) is 2. The Kier molecular flexibility index (Phi) is 8.18. The van der Waals surface area contributed by atoms with Crippen molar-refractivity contribution in [3.05, 3.63) is 97.5 Å². The second-order valence-electron chi connectivity index (χ2n) is 6.66. The summed E-state index contributed by atoms with van der Waals surface area (Å²) in [5.41, 5.74) is 3.12. The molecular formula is C23H17Cl2N3O6. The molecule has 3 aromatic rings. The van der Waals surface area contributed by atoms with Crippen LogP contribution in [-0.2, 0) is 0 Å². The highest BCUT2D eigenvalue weighted by Gasteiger charge is 2.16. The quantitative estimate of drug-likeness (QED) is 0.147. The molecule has 0 aliphatic carbocycles. The van der Waals surface area contributed by atoms with Crippen LogP contribution in [0, 0.1) is 10.1 Å². The largest absolute Gasteiger partial charge is 0.490 e. The third-order valence-electron chi connectivity index (χ3n) is 4.34. The summed E-state index contributed by atoms with van der Waals surface area (Å²) >= 11 is 11.9. The second-order valence-corrected chi connectivity index (χ2v) is 7.50. The van der Waals surface area contributed by atoms with Crippen molar-refractivity contribution in [1.82, 2.24) is 5.43 Å². The lowest BCUT2D eigenvalue weighted by Crippen LogP contribution is -2.17. The number of carbonyl (C=O) groups is 2. The normalized spacial score (nSPS) is 10.7. The van der Waals surface area contributed by atoms with Crippen LogP contribution in [0.4, 0.5) is 5.69 Å². The number of amides is 1. The average molecular weight is 502 g/mol. The first-order valence-corrected chi connectivity index (χ1v) is 10.6. The van der Waals surface area contributed by atoms with Crippen molar-refractivity contribution in [1.29, 1.82) is 0 Å². The van der Waals surface area contributed by atoms with E-state index >= 15 is 0 Å². The van der Waals surface area contributed by atoms with Crippen LogP contribution in [0.2, 0.25) is 10.0 Å². The molecular weight excluding hydrogens is 485 g/mol. The SMILES string of the molecule is CCOc1cc(C=NNC(=O)c2ccc([N+](=O)[O-])cc2)ccc1OC(=O)c1ccc(Cl)cc1Cl. The average Bonchev–Trinajstić information content (AvgIpc) is 2.80. The molecule has 34 heavy (non-hydrogen) atoms. The van der Waals surface area contributed by atoms with Crippen LogP contribution in [0.25, 0.3) is 0 Å². The molecule has 0 spiro atoms. The number of rotatable bonds is 8. The number of nitrogens with one attached hydrogen (secondary N) is 1. The van der Waals surface area contributed by atoms with E-state index < -0.39 is 16.8 Å². The van der Waals surface area contributed by atoms with Gasteiger partial charge in [-0.25, -0.2) is 10.2 Å². The van der Waals surface area contributed by atoms with Crippen molar-refractivity contribution >= 4 is 47.0 Å².